The van der Waals surface area contributed by atoms with Gasteiger partial charge in [-0.15, -0.1) is 0 Å². The van der Waals surface area contributed by atoms with Crippen LogP contribution in [0.25, 0.3) is 11.1 Å². The average Bonchev–Trinajstić information content (AvgIpc) is 2.75. The minimum atomic E-state index is -2.26. The molecule has 0 bridgehead atoms. The van der Waals surface area contributed by atoms with Crippen LogP contribution >= 0.6 is 17.0 Å². The van der Waals surface area contributed by atoms with E-state index in [1.165, 1.54) is 0 Å². The van der Waals surface area contributed by atoms with Crippen molar-refractivity contribution in [2.75, 3.05) is 0 Å². The molecule has 3 rings (SSSR count). The van der Waals surface area contributed by atoms with Crippen LogP contribution in [-0.2, 0) is 20.8 Å². The summed E-state index contributed by atoms with van der Waals surface area (Å²) in [6, 6.07) is 12.0. The first kappa shape index (κ1) is 24.5. The zero-order valence-electron chi connectivity index (χ0n) is 15.2. The third-order valence-corrected chi connectivity index (χ3v) is 4.01. The Kier molecular flexibility index (Phi) is 9.01. The maximum absolute atomic E-state index is 13.8. The molecule has 1 N–H and O–H groups in total. The van der Waals surface area contributed by atoms with E-state index in [2.05, 4.69) is 4.99 Å². The molecule has 10 heteroatoms. The molecule has 0 aromatic heterocycles. The number of benzene rings is 3. The van der Waals surface area contributed by atoms with Gasteiger partial charge in [-0.05, 0) is 23.6 Å². The van der Waals surface area contributed by atoms with Crippen molar-refractivity contribution < 1.29 is 47.9 Å². The Morgan fingerprint density at radius 1 is 0.833 bits per heavy atom. The molecular formula is C20H12Cl2F5NOZr. The molecule has 3 aromatic rings. The van der Waals surface area contributed by atoms with Crippen molar-refractivity contribution in [3.63, 3.8) is 0 Å². The van der Waals surface area contributed by atoms with E-state index >= 15 is 0 Å². The van der Waals surface area contributed by atoms with E-state index in [9.17, 15) is 27.1 Å². The Balaban J connectivity index is 0.00000101. The number of hydrogen-bond donors (Lipinski definition) is 1. The fourth-order valence-corrected chi connectivity index (χ4v) is 2.55. The standard InChI is InChI=1S/C20H12F5NO.2ClH.Zr/c1-10-7-8-12(11-5-3-2-4-6-11)13(20(10)27)9-26-19-17(24)15(22)14(21)16(23)18(19)25;;;/h2-9,27H,1H3;2*1H;/q;;;+2/p-2. The summed E-state index contributed by atoms with van der Waals surface area (Å²) < 4.78 is 67.4. The van der Waals surface area contributed by atoms with Gasteiger partial charge in [-0.25, -0.2) is 26.9 Å². The number of aryl methyl sites for hydroxylation is 1. The van der Waals surface area contributed by atoms with Crippen LogP contribution in [0, 0.1) is 36.0 Å². The van der Waals surface area contributed by atoms with Crippen molar-refractivity contribution in [2.45, 2.75) is 6.92 Å². The maximum atomic E-state index is 13.8. The van der Waals surface area contributed by atoms with Gasteiger partial charge in [0.2, 0.25) is 5.82 Å². The zero-order chi connectivity index (χ0) is 22.4. The van der Waals surface area contributed by atoms with Gasteiger partial charge in [0.1, 0.15) is 11.4 Å². The van der Waals surface area contributed by atoms with E-state index in [4.69, 9.17) is 17.0 Å². The fourth-order valence-electron chi connectivity index (χ4n) is 2.55. The summed E-state index contributed by atoms with van der Waals surface area (Å²) in [5, 5.41) is 10.3. The molecule has 30 heavy (non-hydrogen) atoms. The molecule has 0 saturated carbocycles. The summed E-state index contributed by atoms with van der Waals surface area (Å²) in [6.45, 7) is 1.60. The number of aliphatic imine (C=N–C) groups is 1. The molecule has 0 aliphatic rings. The van der Waals surface area contributed by atoms with Crippen LogP contribution in [0.4, 0.5) is 27.6 Å². The van der Waals surface area contributed by atoms with Crippen molar-refractivity contribution in [3.8, 4) is 16.9 Å². The quantitative estimate of drug-likeness (QED) is 0.163. The van der Waals surface area contributed by atoms with Gasteiger partial charge in [0, 0.05) is 11.8 Å². The van der Waals surface area contributed by atoms with Crippen molar-refractivity contribution in [1.29, 1.82) is 0 Å². The summed E-state index contributed by atoms with van der Waals surface area (Å²) in [4.78, 5) is 3.44. The molecule has 0 radical (unpaired) electrons. The van der Waals surface area contributed by atoms with Crippen LogP contribution in [0.3, 0.4) is 0 Å². The summed E-state index contributed by atoms with van der Waals surface area (Å²) in [6.07, 6.45) is 0.878. The van der Waals surface area contributed by atoms with Crippen LogP contribution in [0.15, 0.2) is 47.5 Å². The van der Waals surface area contributed by atoms with E-state index in [0.717, 1.165) is 6.21 Å². The van der Waals surface area contributed by atoms with Crippen LogP contribution in [0.1, 0.15) is 11.1 Å². The van der Waals surface area contributed by atoms with Crippen molar-refractivity contribution >= 4 is 28.9 Å². The summed E-state index contributed by atoms with van der Waals surface area (Å²) in [5.74, 6) is -10.7. The molecule has 156 valence electrons. The minimum absolute atomic E-state index is 0.0881. The number of phenols is 1. The average molecular weight is 539 g/mol. The van der Waals surface area contributed by atoms with E-state index < -0.39 is 55.6 Å². The fraction of sp³-hybridized carbons (Fsp3) is 0.0500. The molecule has 0 heterocycles. The third kappa shape index (κ3) is 5.29. The number of phenolic OH excluding ortho intramolecular Hbond substituents is 1. The molecule has 0 amide bonds. The van der Waals surface area contributed by atoms with E-state index in [0.29, 0.717) is 16.7 Å². The molecule has 2 nitrogen and oxygen atoms in total. The first-order valence-corrected chi connectivity index (χ1v) is 14.5. The van der Waals surface area contributed by atoms with Gasteiger partial charge in [-0.1, -0.05) is 42.5 Å². The number of hydrogen-bond acceptors (Lipinski definition) is 2. The molecule has 0 unspecified atom stereocenters. The van der Waals surface area contributed by atoms with Gasteiger partial charge in [0.05, 0.1) is 0 Å². The van der Waals surface area contributed by atoms with Gasteiger partial charge in [0.25, 0.3) is 0 Å². The number of rotatable bonds is 3. The Morgan fingerprint density at radius 3 is 1.87 bits per heavy atom. The second kappa shape index (κ2) is 11.0. The zero-order valence-corrected chi connectivity index (χ0v) is 19.1. The molecule has 3 aromatic carbocycles. The number of aromatic hydroxyl groups is 1. The number of halogens is 7. The molecule has 0 atom stereocenters. The van der Waals surface area contributed by atoms with Crippen LogP contribution in [-0.4, -0.2) is 11.3 Å². The molecule has 0 aliphatic carbocycles. The van der Waals surface area contributed by atoms with E-state index in [-0.39, 0.29) is 11.3 Å². The van der Waals surface area contributed by atoms with Gasteiger partial charge in [0.15, 0.2) is 23.3 Å². The van der Waals surface area contributed by atoms with Gasteiger partial charge >= 0.3 is 37.9 Å². The van der Waals surface area contributed by atoms with Crippen molar-refractivity contribution in [2.24, 2.45) is 4.99 Å². The van der Waals surface area contributed by atoms with E-state index in [1.807, 2.05) is 0 Å². The monoisotopic (exact) mass is 537 g/mol. The second-order valence-corrected chi connectivity index (χ2v) is 9.54. The van der Waals surface area contributed by atoms with Crippen LogP contribution in [0.2, 0.25) is 0 Å². The Labute approximate surface area is 187 Å². The molecule has 0 aliphatic heterocycles. The van der Waals surface area contributed by atoms with Gasteiger partial charge < -0.3 is 5.11 Å². The molecule has 0 saturated heterocycles. The first-order chi connectivity index (χ1) is 14.2. The Morgan fingerprint density at radius 2 is 1.33 bits per heavy atom. The third-order valence-electron chi connectivity index (χ3n) is 4.01. The molecule has 0 fully saturated rings. The van der Waals surface area contributed by atoms with E-state index in [1.54, 1.807) is 49.4 Å². The van der Waals surface area contributed by atoms with Crippen molar-refractivity contribution in [1.82, 2.24) is 0 Å². The summed E-state index contributed by atoms with van der Waals surface area (Å²) >= 11 is -0.826. The molecule has 0 spiro atoms. The Hall–Kier alpha value is -1.76. The predicted octanol–water partition coefficient (Wildman–Crippen LogP) is 7.19. The Bertz CT molecular complexity index is 1050. The number of nitrogens with zero attached hydrogens (tertiary/aromatic N) is 1. The van der Waals surface area contributed by atoms with Gasteiger partial charge in [-0.3, -0.25) is 0 Å². The summed E-state index contributed by atoms with van der Waals surface area (Å²) in [7, 11) is 9.87. The van der Waals surface area contributed by atoms with Crippen LogP contribution < -0.4 is 0 Å². The molecular weight excluding hydrogens is 527 g/mol. The van der Waals surface area contributed by atoms with Crippen LogP contribution in [0.5, 0.6) is 5.75 Å². The van der Waals surface area contributed by atoms with Crippen molar-refractivity contribution in [3.05, 3.63) is 82.7 Å². The van der Waals surface area contributed by atoms with Gasteiger partial charge in [-0.2, -0.15) is 0 Å². The first-order valence-electron chi connectivity index (χ1n) is 8.14. The second-order valence-electron chi connectivity index (χ2n) is 5.81. The SMILES string of the molecule is Cc1ccc(-c2ccccc2)c(C=Nc2c(F)c(F)c(F)c(F)c2F)c1O.[Cl][Zr][Cl]. The summed E-state index contributed by atoms with van der Waals surface area (Å²) in [5.41, 5.74) is 0.364. The normalized spacial score (nSPS) is 10.7. The topological polar surface area (TPSA) is 32.6 Å². The predicted molar refractivity (Wildman–Crippen MR) is 103 cm³/mol.